The Hall–Kier alpha value is -2.38. The van der Waals surface area contributed by atoms with E-state index < -0.39 is 23.7 Å². The van der Waals surface area contributed by atoms with Gasteiger partial charge in [0.25, 0.3) is 0 Å². The lowest BCUT2D eigenvalue weighted by atomic mass is 10.1. The van der Waals surface area contributed by atoms with E-state index in [1.165, 1.54) is 7.11 Å². The summed E-state index contributed by atoms with van der Waals surface area (Å²) in [5, 5.41) is 6.72. The second-order valence-electron chi connectivity index (χ2n) is 6.84. The number of carbonyl (C=O) groups excluding carboxylic acids is 3. The van der Waals surface area contributed by atoms with Gasteiger partial charge in [0.2, 0.25) is 0 Å². The SMILES string of the molecule is COC(=O)C(Cc1cnn(CCCC(C)=O)c1)NC(=O)OC(C)(C)C. The number of Topliss-reactive ketones (excluding diaryl/α,β-unsaturated/α-hetero) is 1. The zero-order valence-corrected chi connectivity index (χ0v) is 15.5. The van der Waals surface area contributed by atoms with Crippen LogP contribution in [0, 0.1) is 0 Å². The lowest BCUT2D eigenvalue weighted by Crippen LogP contribution is -2.45. The Morgan fingerprint density at radius 2 is 2.00 bits per heavy atom. The molecular weight excluding hydrogens is 326 g/mol. The third-order valence-corrected chi connectivity index (χ3v) is 3.22. The maximum atomic E-state index is 11.9. The number of hydrogen-bond acceptors (Lipinski definition) is 6. The molecule has 1 heterocycles. The van der Waals surface area contributed by atoms with Crippen molar-refractivity contribution in [2.45, 2.75) is 65.1 Å². The minimum Gasteiger partial charge on any atom is -0.467 e. The van der Waals surface area contributed by atoms with Crippen molar-refractivity contribution in [1.82, 2.24) is 15.1 Å². The summed E-state index contributed by atoms with van der Waals surface area (Å²) in [6.07, 6.45) is 4.16. The summed E-state index contributed by atoms with van der Waals surface area (Å²) in [5.41, 5.74) is 0.112. The number of nitrogens with one attached hydrogen (secondary N) is 1. The summed E-state index contributed by atoms with van der Waals surface area (Å²) in [4.78, 5) is 34.8. The van der Waals surface area contributed by atoms with E-state index in [1.54, 1.807) is 44.8 Å². The van der Waals surface area contributed by atoms with E-state index in [1.807, 2.05) is 0 Å². The molecule has 0 bridgehead atoms. The van der Waals surface area contributed by atoms with Crippen LogP contribution in [0.15, 0.2) is 12.4 Å². The van der Waals surface area contributed by atoms with Crippen LogP contribution in [0.3, 0.4) is 0 Å². The summed E-state index contributed by atoms with van der Waals surface area (Å²) in [7, 11) is 1.26. The molecule has 1 amide bonds. The first-order chi connectivity index (χ1) is 11.6. The molecule has 1 rings (SSSR count). The van der Waals surface area contributed by atoms with Crippen LogP contribution >= 0.6 is 0 Å². The van der Waals surface area contributed by atoms with Crippen LogP contribution in [0.4, 0.5) is 4.79 Å². The number of methoxy groups -OCH3 is 1. The average molecular weight is 353 g/mol. The molecule has 140 valence electrons. The summed E-state index contributed by atoms with van der Waals surface area (Å²) in [6, 6.07) is -0.866. The molecule has 0 aromatic carbocycles. The standard InChI is InChI=1S/C17H27N3O5/c1-12(21)7-6-8-20-11-13(10-18-20)9-14(15(22)24-5)19-16(23)25-17(2,3)4/h10-11,14H,6-9H2,1-5H3,(H,19,23). The van der Waals surface area contributed by atoms with Crippen LogP contribution in [0.25, 0.3) is 0 Å². The Bertz CT molecular complexity index is 604. The number of rotatable bonds is 8. The van der Waals surface area contributed by atoms with Gasteiger partial charge in [-0.15, -0.1) is 0 Å². The van der Waals surface area contributed by atoms with Crippen molar-refractivity contribution in [3.63, 3.8) is 0 Å². The molecule has 1 N–H and O–H groups in total. The van der Waals surface area contributed by atoms with E-state index in [9.17, 15) is 14.4 Å². The van der Waals surface area contributed by atoms with Crippen LogP contribution in [-0.4, -0.2) is 46.4 Å². The molecule has 8 heteroatoms. The van der Waals surface area contributed by atoms with Crippen LogP contribution in [0.5, 0.6) is 0 Å². The summed E-state index contributed by atoms with van der Waals surface area (Å²) >= 11 is 0. The highest BCUT2D eigenvalue weighted by Crippen LogP contribution is 2.09. The minimum atomic E-state index is -0.866. The number of nitrogens with zero attached hydrogens (tertiary/aromatic N) is 2. The molecule has 0 aliphatic carbocycles. The molecule has 1 aromatic rings. The van der Waals surface area contributed by atoms with Crippen LogP contribution in [0.1, 0.15) is 46.1 Å². The smallest absolute Gasteiger partial charge is 0.408 e. The van der Waals surface area contributed by atoms with Gasteiger partial charge in [-0.25, -0.2) is 9.59 Å². The Morgan fingerprint density at radius 3 is 2.56 bits per heavy atom. The van der Waals surface area contributed by atoms with E-state index in [-0.39, 0.29) is 12.2 Å². The van der Waals surface area contributed by atoms with E-state index in [2.05, 4.69) is 10.4 Å². The Kier molecular flexibility index (Phi) is 7.60. The van der Waals surface area contributed by atoms with Gasteiger partial charge in [-0.05, 0) is 39.7 Å². The molecule has 8 nitrogen and oxygen atoms in total. The molecular formula is C17H27N3O5. The van der Waals surface area contributed by atoms with E-state index in [0.29, 0.717) is 19.4 Å². The highest BCUT2D eigenvalue weighted by Gasteiger charge is 2.25. The van der Waals surface area contributed by atoms with Gasteiger partial charge < -0.3 is 19.6 Å². The Balaban J connectivity index is 2.66. The van der Waals surface area contributed by atoms with E-state index in [0.717, 1.165) is 5.56 Å². The Morgan fingerprint density at radius 1 is 1.32 bits per heavy atom. The predicted octanol–water partition coefficient (Wildman–Crippen LogP) is 1.86. The normalized spacial score (nSPS) is 12.4. The van der Waals surface area contributed by atoms with E-state index in [4.69, 9.17) is 9.47 Å². The molecule has 0 aliphatic rings. The zero-order valence-electron chi connectivity index (χ0n) is 15.5. The van der Waals surface area contributed by atoms with Crippen LogP contribution < -0.4 is 5.32 Å². The number of ether oxygens (including phenoxy) is 2. The molecule has 1 unspecified atom stereocenters. The fourth-order valence-corrected chi connectivity index (χ4v) is 2.15. The second-order valence-corrected chi connectivity index (χ2v) is 6.84. The van der Waals surface area contributed by atoms with Crippen LogP contribution in [-0.2, 0) is 32.0 Å². The Labute approximate surface area is 147 Å². The second kappa shape index (κ2) is 9.19. The fourth-order valence-electron chi connectivity index (χ4n) is 2.15. The van der Waals surface area contributed by atoms with Crippen LogP contribution in [0.2, 0.25) is 0 Å². The van der Waals surface area contributed by atoms with Gasteiger partial charge >= 0.3 is 12.1 Å². The first kappa shape index (κ1) is 20.7. The molecule has 0 fully saturated rings. The number of ketones is 1. The maximum Gasteiger partial charge on any atom is 0.408 e. The largest absolute Gasteiger partial charge is 0.467 e. The number of alkyl carbamates (subject to hydrolysis) is 1. The lowest BCUT2D eigenvalue weighted by Gasteiger charge is -2.22. The average Bonchev–Trinajstić information content (AvgIpc) is 2.91. The number of aryl methyl sites for hydroxylation is 1. The van der Waals surface area contributed by atoms with Crippen molar-refractivity contribution in [1.29, 1.82) is 0 Å². The first-order valence-electron chi connectivity index (χ1n) is 8.19. The lowest BCUT2D eigenvalue weighted by molar-refractivity contribution is -0.143. The van der Waals surface area contributed by atoms with Gasteiger partial charge in [-0.2, -0.15) is 5.10 Å². The fraction of sp³-hybridized carbons (Fsp3) is 0.647. The van der Waals surface area contributed by atoms with Crippen molar-refractivity contribution in [3.05, 3.63) is 18.0 Å². The first-order valence-corrected chi connectivity index (χ1v) is 8.19. The van der Waals surface area contributed by atoms with Gasteiger partial charge in [0.05, 0.1) is 13.3 Å². The summed E-state index contributed by atoms with van der Waals surface area (Å²) in [5.74, 6) is -0.421. The third-order valence-electron chi connectivity index (χ3n) is 3.22. The quantitative estimate of drug-likeness (QED) is 0.716. The van der Waals surface area contributed by atoms with E-state index >= 15 is 0 Å². The molecule has 0 saturated heterocycles. The molecule has 0 radical (unpaired) electrons. The molecule has 0 saturated carbocycles. The van der Waals surface area contributed by atoms with Crippen molar-refractivity contribution in [2.75, 3.05) is 7.11 Å². The van der Waals surface area contributed by atoms with Crippen molar-refractivity contribution < 1.29 is 23.9 Å². The van der Waals surface area contributed by atoms with Gasteiger partial charge in [-0.3, -0.25) is 4.68 Å². The molecule has 0 aliphatic heterocycles. The van der Waals surface area contributed by atoms with Gasteiger partial charge in [-0.1, -0.05) is 0 Å². The number of amides is 1. The molecule has 1 atom stereocenters. The maximum absolute atomic E-state index is 11.9. The molecule has 25 heavy (non-hydrogen) atoms. The predicted molar refractivity (Wildman–Crippen MR) is 91.0 cm³/mol. The molecule has 0 spiro atoms. The third kappa shape index (κ3) is 8.32. The van der Waals surface area contributed by atoms with Crippen molar-refractivity contribution in [2.24, 2.45) is 0 Å². The summed E-state index contributed by atoms with van der Waals surface area (Å²) < 4.78 is 11.6. The summed E-state index contributed by atoms with van der Waals surface area (Å²) in [6.45, 7) is 7.39. The topological polar surface area (TPSA) is 99.5 Å². The monoisotopic (exact) mass is 353 g/mol. The minimum absolute atomic E-state index is 0.139. The van der Waals surface area contributed by atoms with Gasteiger partial charge in [0.1, 0.15) is 17.4 Å². The highest BCUT2D eigenvalue weighted by atomic mass is 16.6. The van der Waals surface area contributed by atoms with Crippen molar-refractivity contribution >= 4 is 17.8 Å². The highest BCUT2D eigenvalue weighted by molar-refractivity contribution is 5.81. The number of aromatic nitrogens is 2. The van der Waals surface area contributed by atoms with Crippen molar-refractivity contribution in [3.8, 4) is 0 Å². The van der Waals surface area contributed by atoms with Gasteiger partial charge in [0.15, 0.2) is 0 Å². The number of esters is 1. The number of carbonyl (C=O) groups is 3. The zero-order chi connectivity index (χ0) is 19.0. The van der Waals surface area contributed by atoms with Gasteiger partial charge in [0, 0.05) is 25.6 Å². The molecule has 1 aromatic heterocycles. The number of hydrogen-bond donors (Lipinski definition) is 1.